The van der Waals surface area contributed by atoms with E-state index >= 15 is 0 Å². The van der Waals surface area contributed by atoms with E-state index in [1.165, 1.54) is 16.7 Å². The number of aryl methyl sites for hydroxylation is 2. The van der Waals surface area contributed by atoms with Crippen LogP contribution in [0.4, 0.5) is 4.79 Å². The van der Waals surface area contributed by atoms with Crippen LogP contribution in [-0.2, 0) is 6.42 Å². The molecule has 1 rings (SSSR count). The Kier molecular flexibility index (Phi) is 4.33. The van der Waals surface area contributed by atoms with Crippen LogP contribution in [0, 0.1) is 13.8 Å². The number of benzene rings is 1. The molecule has 0 aliphatic carbocycles. The standard InChI is InChI=1S/C12H16BrNO/c1-9-4-5-10(2)11(8-9)6-7-14(3)12(13)15/h4-5,8H,6-7H2,1-3H3. The SMILES string of the molecule is Cc1ccc(C)c(CCN(C)C(=O)Br)c1. The number of halogens is 1. The Balaban J connectivity index is 2.65. The highest BCUT2D eigenvalue weighted by atomic mass is 79.9. The zero-order chi connectivity index (χ0) is 11.4. The molecule has 1 aromatic carbocycles. The van der Waals surface area contributed by atoms with Crippen molar-refractivity contribution in [2.24, 2.45) is 0 Å². The number of nitrogens with zero attached hydrogens (tertiary/aromatic N) is 1. The summed E-state index contributed by atoms with van der Waals surface area (Å²) in [6.45, 7) is 4.93. The second kappa shape index (κ2) is 5.31. The summed E-state index contributed by atoms with van der Waals surface area (Å²) in [6.07, 6.45) is 0.904. The van der Waals surface area contributed by atoms with Gasteiger partial charge in [-0.3, -0.25) is 4.79 Å². The van der Waals surface area contributed by atoms with Gasteiger partial charge >= 0.3 is 0 Å². The predicted octanol–water partition coefficient (Wildman–Crippen LogP) is 3.29. The van der Waals surface area contributed by atoms with Gasteiger partial charge in [0, 0.05) is 29.5 Å². The molecule has 0 aliphatic heterocycles. The molecule has 0 saturated heterocycles. The molecule has 1 aromatic rings. The van der Waals surface area contributed by atoms with Crippen LogP contribution in [0.2, 0.25) is 0 Å². The molecule has 82 valence electrons. The summed E-state index contributed by atoms with van der Waals surface area (Å²) in [5.41, 5.74) is 3.87. The number of carbonyl (C=O) groups excluding carboxylic acids is 1. The van der Waals surface area contributed by atoms with Gasteiger partial charge in [0.1, 0.15) is 0 Å². The third kappa shape index (κ3) is 3.67. The maximum Gasteiger partial charge on any atom is 0.289 e. The number of likely N-dealkylation sites (N-methyl/N-ethyl adjacent to an activating group) is 1. The molecule has 0 atom stereocenters. The fourth-order valence-electron chi connectivity index (χ4n) is 1.45. The number of rotatable bonds is 3. The van der Waals surface area contributed by atoms with Gasteiger partial charge in [0.2, 0.25) is 0 Å². The quantitative estimate of drug-likeness (QED) is 0.609. The van der Waals surface area contributed by atoms with Gasteiger partial charge < -0.3 is 4.90 Å². The van der Waals surface area contributed by atoms with Gasteiger partial charge in [-0.05, 0) is 31.4 Å². The summed E-state index contributed by atoms with van der Waals surface area (Å²) in [6, 6.07) is 6.42. The molecule has 0 radical (unpaired) electrons. The van der Waals surface area contributed by atoms with E-state index in [0.717, 1.165) is 13.0 Å². The lowest BCUT2D eigenvalue weighted by Gasteiger charge is -2.14. The second-order valence-electron chi connectivity index (χ2n) is 3.85. The van der Waals surface area contributed by atoms with Crippen molar-refractivity contribution in [3.8, 4) is 0 Å². The van der Waals surface area contributed by atoms with Gasteiger partial charge in [-0.2, -0.15) is 0 Å². The fourth-order valence-corrected chi connectivity index (χ4v) is 1.62. The van der Waals surface area contributed by atoms with Gasteiger partial charge in [0.25, 0.3) is 4.82 Å². The summed E-state index contributed by atoms with van der Waals surface area (Å²) in [5, 5.41) is 0. The third-order valence-electron chi connectivity index (χ3n) is 2.52. The average Bonchev–Trinajstić information content (AvgIpc) is 2.18. The molecule has 0 fully saturated rings. The topological polar surface area (TPSA) is 20.3 Å². The number of amides is 1. The summed E-state index contributed by atoms with van der Waals surface area (Å²) in [7, 11) is 1.79. The van der Waals surface area contributed by atoms with Crippen LogP contribution >= 0.6 is 15.9 Å². The Morgan fingerprint density at radius 1 is 1.40 bits per heavy atom. The van der Waals surface area contributed by atoms with Crippen molar-refractivity contribution >= 4 is 20.7 Å². The monoisotopic (exact) mass is 269 g/mol. The van der Waals surface area contributed by atoms with E-state index in [2.05, 4.69) is 48.0 Å². The van der Waals surface area contributed by atoms with Crippen LogP contribution < -0.4 is 0 Å². The highest BCUT2D eigenvalue weighted by molar-refractivity contribution is 9.18. The Hall–Kier alpha value is -0.830. The van der Waals surface area contributed by atoms with E-state index in [0.29, 0.717) is 0 Å². The van der Waals surface area contributed by atoms with Crippen molar-refractivity contribution in [1.29, 1.82) is 0 Å². The molecular weight excluding hydrogens is 254 g/mol. The van der Waals surface area contributed by atoms with Crippen LogP contribution in [0.25, 0.3) is 0 Å². The molecule has 2 nitrogen and oxygen atoms in total. The lowest BCUT2D eigenvalue weighted by Crippen LogP contribution is -2.23. The molecule has 0 bridgehead atoms. The summed E-state index contributed by atoms with van der Waals surface area (Å²) >= 11 is 2.93. The normalized spacial score (nSPS) is 10.1. The summed E-state index contributed by atoms with van der Waals surface area (Å²) < 4.78 is 0. The summed E-state index contributed by atoms with van der Waals surface area (Å²) in [4.78, 5) is 12.6. The van der Waals surface area contributed by atoms with Crippen molar-refractivity contribution in [1.82, 2.24) is 4.90 Å². The molecule has 1 amide bonds. The van der Waals surface area contributed by atoms with Crippen molar-refractivity contribution in [3.63, 3.8) is 0 Å². The Labute approximate surface area is 99.4 Å². The van der Waals surface area contributed by atoms with E-state index in [-0.39, 0.29) is 4.82 Å². The molecule has 0 aromatic heterocycles. The first kappa shape index (κ1) is 12.2. The van der Waals surface area contributed by atoms with Crippen molar-refractivity contribution in [2.45, 2.75) is 20.3 Å². The van der Waals surface area contributed by atoms with Crippen molar-refractivity contribution in [2.75, 3.05) is 13.6 Å². The first-order valence-electron chi connectivity index (χ1n) is 4.97. The van der Waals surface area contributed by atoms with E-state index in [4.69, 9.17) is 0 Å². The largest absolute Gasteiger partial charge is 0.336 e. The molecule has 3 heteroatoms. The first-order chi connectivity index (χ1) is 7.00. The molecule has 0 unspecified atom stereocenters. The molecule has 15 heavy (non-hydrogen) atoms. The van der Waals surface area contributed by atoms with Crippen LogP contribution in [0.5, 0.6) is 0 Å². The van der Waals surface area contributed by atoms with Gasteiger partial charge in [-0.15, -0.1) is 0 Å². The molecular formula is C12H16BrNO. The Morgan fingerprint density at radius 3 is 2.67 bits per heavy atom. The van der Waals surface area contributed by atoms with Gasteiger partial charge in [0.05, 0.1) is 0 Å². The zero-order valence-corrected chi connectivity index (χ0v) is 11.0. The van der Waals surface area contributed by atoms with Crippen molar-refractivity contribution in [3.05, 3.63) is 34.9 Å². The van der Waals surface area contributed by atoms with E-state index in [1.807, 2.05) is 0 Å². The molecule has 0 aliphatic rings. The highest BCUT2D eigenvalue weighted by Gasteiger charge is 2.05. The lowest BCUT2D eigenvalue weighted by molar-refractivity contribution is 0.235. The average molecular weight is 270 g/mol. The van der Waals surface area contributed by atoms with E-state index < -0.39 is 0 Å². The maximum atomic E-state index is 11.0. The molecule has 0 N–H and O–H groups in total. The zero-order valence-electron chi connectivity index (χ0n) is 9.38. The second-order valence-corrected chi connectivity index (χ2v) is 4.53. The Morgan fingerprint density at radius 2 is 2.07 bits per heavy atom. The van der Waals surface area contributed by atoms with Gasteiger partial charge in [0.15, 0.2) is 0 Å². The molecule has 0 heterocycles. The van der Waals surface area contributed by atoms with E-state index in [9.17, 15) is 4.79 Å². The van der Waals surface area contributed by atoms with Crippen molar-refractivity contribution < 1.29 is 4.79 Å². The smallest absolute Gasteiger partial charge is 0.289 e. The van der Waals surface area contributed by atoms with E-state index in [1.54, 1.807) is 11.9 Å². The number of carbonyl (C=O) groups is 1. The molecule has 0 saturated carbocycles. The lowest BCUT2D eigenvalue weighted by atomic mass is 10.0. The third-order valence-corrected chi connectivity index (χ3v) is 3.13. The van der Waals surface area contributed by atoms with Crippen LogP contribution in [0.1, 0.15) is 16.7 Å². The fraction of sp³-hybridized carbons (Fsp3) is 0.417. The first-order valence-corrected chi connectivity index (χ1v) is 5.76. The van der Waals surface area contributed by atoms with Gasteiger partial charge in [-0.25, -0.2) is 0 Å². The number of hydrogen-bond acceptors (Lipinski definition) is 1. The maximum absolute atomic E-state index is 11.0. The predicted molar refractivity (Wildman–Crippen MR) is 66.6 cm³/mol. The Bertz CT molecular complexity index is 363. The summed E-state index contributed by atoms with van der Waals surface area (Å²) in [5.74, 6) is 0. The van der Waals surface area contributed by atoms with Gasteiger partial charge in [-0.1, -0.05) is 23.8 Å². The van der Waals surface area contributed by atoms with Crippen LogP contribution in [0.3, 0.4) is 0 Å². The van der Waals surface area contributed by atoms with Crippen LogP contribution in [0.15, 0.2) is 18.2 Å². The minimum atomic E-state index is -0.0622. The minimum absolute atomic E-state index is 0.0622. The van der Waals surface area contributed by atoms with Crippen LogP contribution in [-0.4, -0.2) is 23.3 Å². The highest BCUT2D eigenvalue weighted by Crippen LogP contribution is 2.12. The minimum Gasteiger partial charge on any atom is -0.336 e. The molecule has 0 spiro atoms. The number of hydrogen-bond donors (Lipinski definition) is 0.